The minimum absolute atomic E-state index is 0.278. The molecule has 0 saturated carbocycles. The van der Waals surface area contributed by atoms with Gasteiger partial charge in [-0.25, -0.2) is 14.8 Å². The predicted molar refractivity (Wildman–Crippen MR) is 113 cm³/mol. The zero-order chi connectivity index (χ0) is 20.9. The van der Waals surface area contributed by atoms with Gasteiger partial charge in [0, 0.05) is 30.7 Å². The van der Waals surface area contributed by atoms with Crippen LogP contribution in [0.25, 0.3) is 11.5 Å². The summed E-state index contributed by atoms with van der Waals surface area (Å²) in [7, 11) is 0. The number of likely N-dealkylation sites (tertiary alicyclic amines) is 1. The van der Waals surface area contributed by atoms with Crippen LogP contribution in [0.15, 0.2) is 35.1 Å². The number of aromatic amines is 1. The number of carbonyl (C=O) groups is 1. The molecule has 0 aliphatic carbocycles. The van der Waals surface area contributed by atoms with Crippen LogP contribution in [0.4, 0.5) is 10.6 Å². The fourth-order valence-corrected chi connectivity index (χ4v) is 3.93. The van der Waals surface area contributed by atoms with Crippen LogP contribution in [0.2, 0.25) is 0 Å². The zero-order valence-electron chi connectivity index (χ0n) is 17.3. The number of piperidine rings is 1. The lowest BCUT2D eigenvalue weighted by Gasteiger charge is -2.31. The second-order valence-electron chi connectivity index (χ2n) is 7.52. The van der Waals surface area contributed by atoms with Gasteiger partial charge in [-0.05, 0) is 57.3 Å². The summed E-state index contributed by atoms with van der Waals surface area (Å²) in [5, 5.41) is 9.25. The number of rotatable bonds is 6. The number of anilines is 1. The maximum absolute atomic E-state index is 11.6. The molecule has 3 aromatic rings. The highest BCUT2D eigenvalue weighted by atomic mass is 16.5. The van der Waals surface area contributed by atoms with E-state index in [-0.39, 0.29) is 6.03 Å². The zero-order valence-corrected chi connectivity index (χ0v) is 17.3. The Kier molecular flexibility index (Phi) is 6.08. The Balaban J connectivity index is 1.31. The summed E-state index contributed by atoms with van der Waals surface area (Å²) in [6.45, 7) is 7.14. The third-order valence-electron chi connectivity index (χ3n) is 5.41. The van der Waals surface area contributed by atoms with Crippen molar-refractivity contribution in [1.82, 2.24) is 30.3 Å². The number of amides is 2. The van der Waals surface area contributed by atoms with Gasteiger partial charge in [-0.1, -0.05) is 11.2 Å². The highest BCUT2D eigenvalue weighted by Gasteiger charge is 2.23. The van der Waals surface area contributed by atoms with Gasteiger partial charge in [0.05, 0.1) is 6.54 Å². The van der Waals surface area contributed by atoms with Crippen molar-refractivity contribution in [3.8, 4) is 11.5 Å². The van der Waals surface area contributed by atoms with Gasteiger partial charge in [-0.2, -0.15) is 0 Å². The Hall–Kier alpha value is -3.20. The average molecular weight is 409 g/mol. The molecule has 9 nitrogen and oxygen atoms in total. The third kappa shape index (κ3) is 4.68. The number of H-pyrrole nitrogens is 1. The molecule has 30 heavy (non-hydrogen) atoms. The van der Waals surface area contributed by atoms with E-state index < -0.39 is 0 Å². The Morgan fingerprint density at radius 2 is 2.17 bits per heavy atom. The van der Waals surface area contributed by atoms with E-state index in [0.29, 0.717) is 24.8 Å². The number of hydrogen-bond acceptors (Lipinski definition) is 6. The van der Waals surface area contributed by atoms with Crippen molar-refractivity contribution in [2.75, 3.05) is 25.0 Å². The number of pyridine rings is 1. The SMILES string of the molecule is CCNC(=O)Nc1cc(CN2CCC(c3ccc(-c4ncc[nH]4)nc3C)CC2)on1. The highest BCUT2D eigenvalue weighted by Crippen LogP contribution is 2.31. The van der Waals surface area contributed by atoms with Gasteiger partial charge in [0.2, 0.25) is 0 Å². The molecule has 9 heteroatoms. The quantitative estimate of drug-likeness (QED) is 0.576. The number of nitrogens with one attached hydrogen (secondary N) is 3. The molecule has 0 aromatic carbocycles. The molecule has 0 bridgehead atoms. The number of imidazole rings is 1. The average Bonchev–Trinajstić information content (AvgIpc) is 3.41. The third-order valence-corrected chi connectivity index (χ3v) is 5.41. The van der Waals surface area contributed by atoms with Crippen LogP contribution in [0.5, 0.6) is 0 Å². The number of hydrogen-bond donors (Lipinski definition) is 3. The Morgan fingerprint density at radius 3 is 2.87 bits per heavy atom. The normalized spacial score (nSPS) is 15.3. The van der Waals surface area contributed by atoms with Crippen LogP contribution in [-0.2, 0) is 6.54 Å². The van der Waals surface area contributed by atoms with Gasteiger partial charge < -0.3 is 14.8 Å². The molecule has 4 heterocycles. The molecule has 3 N–H and O–H groups in total. The van der Waals surface area contributed by atoms with Crippen molar-refractivity contribution >= 4 is 11.8 Å². The van der Waals surface area contributed by atoms with Crippen LogP contribution in [0.1, 0.15) is 42.7 Å². The van der Waals surface area contributed by atoms with Crippen LogP contribution in [0.3, 0.4) is 0 Å². The molecule has 1 saturated heterocycles. The maximum Gasteiger partial charge on any atom is 0.320 e. The van der Waals surface area contributed by atoms with E-state index in [0.717, 1.165) is 48.9 Å². The first-order valence-corrected chi connectivity index (χ1v) is 10.3. The minimum Gasteiger partial charge on any atom is -0.358 e. The number of nitrogens with zero attached hydrogens (tertiary/aromatic N) is 4. The van der Waals surface area contributed by atoms with E-state index in [2.05, 4.69) is 43.6 Å². The number of urea groups is 1. The molecule has 0 spiro atoms. The van der Waals surface area contributed by atoms with Gasteiger partial charge >= 0.3 is 6.03 Å². The molecular weight excluding hydrogens is 382 g/mol. The monoisotopic (exact) mass is 409 g/mol. The number of aryl methyl sites for hydroxylation is 1. The Bertz CT molecular complexity index is 975. The molecule has 2 amide bonds. The fourth-order valence-electron chi connectivity index (χ4n) is 3.93. The molecule has 1 aliphatic rings. The highest BCUT2D eigenvalue weighted by molar-refractivity contribution is 5.88. The first kappa shape index (κ1) is 20.1. The number of aromatic nitrogens is 4. The summed E-state index contributed by atoms with van der Waals surface area (Å²) >= 11 is 0. The van der Waals surface area contributed by atoms with Crippen LogP contribution >= 0.6 is 0 Å². The van der Waals surface area contributed by atoms with Gasteiger partial charge in [-0.3, -0.25) is 10.2 Å². The summed E-state index contributed by atoms with van der Waals surface area (Å²) in [6, 6.07) is 5.74. The van der Waals surface area contributed by atoms with Crippen LogP contribution in [-0.4, -0.2) is 50.7 Å². The lowest BCUT2D eigenvalue weighted by Crippen LogP contribution is -2.32. The van der Waals surface area contributed by atoms with Crippen LogP contribution < -0.4 is 10.6 Å². The lowest BCUT2D eigenvalue weighted by molar-refractivity contribution is 0.184. The molecular formula is C21H27N7O2. The van der Waals surface area contributed by atoms with E-state index in [4.69, 9.17) is 9.51 Å². The van der Waals surface area contributed by atoms with Crippen molar-refractivity contribution in [3.63, 3.8) is 0 Å². The molecule has 158 valence electrons. The van der Waals surface area contributed by atoms with Gasteiger partial charge in [0.15, 0.2) is 17.4 Å². The van der Waals surface area contributed by atoms with Crippen molar-refractivity contribution in [2.45, 2.75) is 39.2 Å². The molecule has 3 aromatic heterocycles. The number of carbonyl (C=O) groups excluding carboxylic acids is 1. The molecule has 1 aliphatic heterocycles. The van der Waals surface area contributed by atoms with E-state index in [1.165, 1.54) is 5.56 Å². The summed E-state index contributed by atoms with van der Waals surface area (Å²) in [4.78, 5) is 26.1. The predicted octanol–water partition coefficient (Wildman–Crippen LogP) is 3.29. The fraction of sp³-hybridized carbons (Fsp3) is 0.429. The summed E-state index contributed by atoms with van der Waals surface area (Å²) in [5.74, 6) is 2.49. The molecule has 4 rings (SSSR count). The Labute approximate surface area is 175 Å². The van der Waals surface area contributed by atoms with E-state index in [9.17, 15) is 4.79 Å². The maximum atomic E-state index is 11.6. The van der Waals surface area contributed by atoms with Gasteiger partial charge in [0.1, 0.15) is 5.69 Å². The molecule has 1 fully saturated rings. The minimum atomic E-state index is -0.278. The van der Waals surface area contributed by atoms with Crippen LogP contribution in [0, 0.1) is 6.92 Å². The summed E-state index contributed by atoms with van der Waals surface area (Å²) in [6.07, 6.45) is 5.69. The smallest absolute Gasteiger partial charge is 0.320 e. The summed E-state index contributed by atoms with van der Waals surface area (Å²) < 4.78 is 5.37. The second-order valence-corrected chi connectivity index (χ2v) is 7.52. The van der Waals surface area contributed by atoms with Crippen molar-refractivity contribution in [3.05, 3.63) is 47.6 Å². The Morgan fingerprint density at radius 1 is 1.33 bits per heavy atom. The summed E-state index contributed by atoms with van der Waals surface area (Å²) in [5.41, 5.74) is 3.26. The van der Waals surface area contributed by atoms with Gasteiger partial charge in [-0.15, -0.1) is 0 Å². The standard InChI is InChI=1S/C21H27N7O2/c1-3-22-21(29)26-19-12-16(30-27-19)13-28-10-6-15(7-11-28)17-4-5-18(25-14(17)2)20-23-8-9-24-20/h4-5,8-9,12,15H,3,6-7,10-11,13H2,1-2H3,(H,23,24)(H2,22,26,27,29). The van der Waals surface area contributed by atoms with Crippen molar-refractivity contribution < 1.29 is 9.32 Å². The lowest BCUT2D eigenvalue weighted by atomic mass is 9.88. The topological polar surface area (TPSA) is 112 Å². The van der Waals surface area contributed by atoms with E-state index >= 15 is 0 Å². The van der Waals surface area contributed by atoms with Crippen molar-refractivity contribution in [1.29, 1.82) is 0 Å². The largest absolute Gasteiger partial charge is 0.358 e. The molecule has 0 radical (unpaired) electrons. The van der Waals surface area contributed by atoms with E-state index in [1.807, 2.05) is 19.2 Å². The first-order valence-electron chi connectivity index (χ1n) is 10.3. The van der Waals surface area contributed by atoms with E-state index in [1.54, 1.807) is 12.3 Å². The molecule has 0 atom stereocenters. The molecule has 0 unspecified atom stereocenters. The first-order chi connectivity index (χ1) is 14.6. The van der Waals surface area contributed by atoms with Gasteiger partial charge in [0.25, 0.3) is 0 Å². The van der Waals surface area contributed by atoms with Crippen molar-refractivity contribution in [2.24, 2.45) is 0 Å². The second kappa shape index (κ2) is 9.08.